The smallest absolute Gasteiger partial charge is 0.144 e. The van der Waals surface area contributed by atoms with Crippen LogP contribution in [-0.4, -0.2) is 11.5 Å². The van der Waals surface area contributed by atoms with Crippen LogP contribution in [0.25, 0.3) is 0 Å². The lowest BCUT2D eigenvalue weighted by atomic mass is 10.2. The minimum atomic E-state index is 0.368. The fraction of sp³-hybridized carbons (Fsp3) is 0.111. The van der Waals surface area contributed by atoms with Gasteiger partial charge in [0.1, 0.15) is 11.9 Å². The molecule has 1 rings (SSSR count). The largest absolute Gasteiger partial charge is 0.397 e. The molecule has 0 saturated heterocycles. The Morgan fingerprint density at radius 1 is 1.79 bits per heavy atom. The van der Waals surface area contributed by atoms with E-state index in [2.05, 4.69) is 16.9 Å². The third kappa shape index (κ3) is 2.64. The maximum Gasteiger partial charge on any atom is 0.144 e. The van der Waals surface area contributed by atoms with Crippen molar-refractivity contribution in [2.24, 2.45) is 0 Å². The Balaban J connectivity index is 2.87. The Bertz CT molecular complexity index is 394. The number of anilines is 2. The number of nitrogens with zero attached hydrogens (tertiary/aromatic N) is 2. The summed E-state index contributed by atoms with van der Waals surface area (Å²) in [6.07, 6.45) is 1.47. The fourth-order valence-electron chi connectivity index (χ4n) is 0.887. The van der Waals surface area contributed by atoms with Crippen LogP contribution in [0.1, 0.15) is 5.56 Å². The van der Waals surface area contributed by atoms with E-state index in [1.54, 1.807) is 6.07 Å². The number of nitriles is 1. The molecule has 0 aliphatic carbocycles. The van der Waals surface area contributed by atoms with Crippen molar-refractivity contribution in [3.05, 3.63) is 29.4 Å². The summed E-state index contributed by atoms with van der Waals surface area (Å²) in [6, 6.07) is 3.53. The molecule has 5 heteroatoms. The average molecular weight is 209 g/mol. The summed E-state index contributed by atoms with van der Waals surface area (Å²) in [7, 11) is 0. The molecule has 0 atom stereocenters. The molecular formula is C9H9ClN4. The highest BCUT2D eigenvalue weighted by Crippen LogP contribution is 2.14. The van der Waals surface area contributed by atoms with Crippen molar-refractivity contribution in [2.45, 2.75) is 0 Å². The Kier molecular flexibility index (Phi) is 3.32. The van der Waals surface area contributed by atoms with E-state index in [0.717, 1.165) is 0 Å². The van der Waals surface area contributed by atoms with Crippen LogP contribution in [0.15, 0.2) is 23.9 Å². The predicted molar refractivity (Wildman–Crippen MR) is 56.8 cm³/mol. The predicted octanol–water partition coefficient (Wildman–Crippen LogP) is 1.70. The number of nitrogen functional groups attached to an aromatic ring is 1. The molecule has 0 fully saturated rings. The summed E-state index contributed by atoms with van der Waals surface area (Å²) in [6.45, 7) is 3.88. The van der Waals surface area contributed by atoms with Gasteiger partial charge >= 0.3 is 0 Å². The van der Waals surface area contributed by atoms with Gasteiger partial charge in [-0.3, -0.25) is 0 Å². The third-order valence-electron chi connectivity index (χ3n) is 1.48. The second-order valence-electron chi connectivity index (χ2n) is 2.65. The lowest BCUT2D eigenvalue weighted by molar-refractivity contribution is 1.21. The minimum absolute atomic E-state index is 0.368. The molecule has 14 heavy (non-hydrogen) atoms. The Labute approximate surface area is 87.0 Å². The quantitative estimate of drug-likeness (QED) is 0.793. The number of hydrogen-bond acceptors (Lipinski definition) is 4. The second kappa shape index (κ2) is 4.49. The van der Waals surface area contributed by atoms with E-state index in [0.29, 0.717) is 28.6 Å². The molecule has 0 aromatic carbocycles. The summed E-state index contributed by atoms with van der Waals surface area (Å²) in [4.78, 5) is 3.96. The van der Waals surface area contributed by atoms with E-state index in [-0.39, 0.29) is 0 Å². The van der Waals surface area contributed by atoms with Gasteiger partial charge in [0.05, 0.1) is 24.0 Å². The maximum absolute atomic E-state index is 8.77. The van der Waals surface area contributed by atoms with Crippen molar-refractivity contribution in [1.29, 1.82) is 5.26 Å². The summed E-state index contributed by atoms with van der Waals surface area (Å²) in [5.74, 6) is 0.462. The standard InChI is InChI=1S/C9H9ClN4/c1-6(10)4-13-9-7(3-11)2-8(12)5-14-9/h2,5H,1,4,12H2,(H,13,14). The molecule has 1 aromatic rings. The highest BCUT2D eigenvalue weighted by atomic mass is 35.5. The highest BCUT2D eigenvalue weighted by Gasteiger charge is 2.03. The molecule has 3 N–H and O–H groups in total. The monoisotopic (exact) mass is 208 g/mol. The van der Waals surface area contributed by atoms with Crippen molar-refractivity contribution in [3.8, 4) is 6.07 Å². The van der Waals surface area contributed by atoms with Gasteiger partial charge in [-0.2, -0.15) is 5.26 Å². The number of pyridine rings is 1. The van der Waals surface area contributed by atoms with Crippen molar-refractivity contribution in [2.75, 3.05) is 17.6 Å². The van der Waals surface area contributed by atoms with Gasteiger partial charge < -0.3 is 11.1 Å². The van der Waals surface area contributed by atoms with Crippen molar-refractivity contribution < 1.29 is 0 Å². The van der Waals surface area contributed by atoms with Gasteiger partial charge in [0.15, 0.2) is 0 Å². The summed E-state index contributed by atoms with van der Waals surface area (Å²) in [5, 5.41) is 12.1. The molecular weight excluding hydrogens is 200 g/mol. The molecule has 1 aromatic heterocycles. The van der Waals surface area contributed by atoms with Gasteiger partial charge in [-0.1, -0.05) is 18.2 Å². The molecule has 0 aliphatic rings. The highest BCUT2D eigenvalue weighted by molar-refractivity contribution is 6.29. The first-order valence-corrected chi connectivity index (χ1v) is 4.24. The van der Waals surface area contributed by atoms with Crippen LogP contribution < -0.4 is 11.1 Å². The number of halogens is 1. The first kappa shape index (κ1) is 10.4. The second-order valence-corrected chi connectivity index (χ2v) is 3.18. The van der Waals surface area contributed by atoms with Crippen LogP contribution in [0.4, 0.5) is 11.5 Å². The van der Waals surface area contributed by atoms with E-state index < -0.39 is 0 Å². The maximum atomic E-state index is 8.77. The Morgan fingerprint density at radius 3 is 3.07 bits per heavy atom. The number of nitrogens with two attached hydrogens (primary N) is 1. The van der Waals surface area contributed by atoms with Gasteiger partial charge in [0, 0.05) is 5.03 Å². The lowest BCUT2D eigenvalue weighted by Crippen LogP contribution is -2.05. The molecule has 0 radical (unpaired) electrons. The number of nitrogens with one attached hydrogen (secondary N) is 1. The molecule has 0 saturated carbocycles. The molecule has 4 nitrogen and oxygen atoms in total. The topological polar surface area (TPSA) is 74.7 Å². The normalized spacial score (nSPS) is 9.14. The molecule has 0 spiro atoms. The van der Waals surface area contributed by atoms with Crippen LogP contribution in [-0.2, 0) is 0 Å². The zero-order chi connectivity index (χ0) is 10.6. The van der Waals surface area contributed by atoms with Crippen molar-refractivity contribution in [3.63, 3.8) is 0 Å². The van der Waals surface area contributed by atoms with E-state index >= 15 is 0 Å². The zero-order valence-corrected chi connectivity index (χ0v) is 8.17. The Morgan fingerprint density at radius 2 is 2.50 bits per heavy atom. The van der Waals surface area contributed by atoms with Gasteiger partial charge in [-0.15, -0.1) is 0 Å². The van der Waals surface area contributed by atoms with E-state index in [1.807, 2.05) is 6.07 Å². The SMILES string of the molecule is C=C(Cl)CNc1ncc(N)cc1C#N. The number of aromatic nitrogens is 1. The molecule has 0 amide bonds. The average Bonchev–Trinajstić information content (AvgIpc) is 2.15. The summed E-state index contributed by atoms with van der Waals surface area (Å²) < 4.78 is 0. The first-order valence-electron chi connectivity index (χ1n) is 3.86. The van der Waals surface area contributed by atoms with Crippen molar-refractivity contribution in [1.82, 2.24) is 4.98 Å². The van der Waals surface area contributed by atoms with Crippen LogP contribution in [0.5, 0.6) is 0 Å². The number of hydrogen-bond donors (Lipinski definition) is 2. The summed E-state index contributed by atoms with van der Waals surface area (Å²) in [5.41, 5.74) is 6.32. The molecule has 72 valence electrons. The zero-order valence-electron chi connectivity index (χ0n) is 7.42. The van der Waals surface area contributed by atoms with Crippen LogP contribution in [0, 0.1) is 11.3 Å². The number of rotatable bonds is 3. The first-order chi connectivity index (χ1) is 6.63. The van der Waals surface area contributed by atoms with Gasteiger partial charge in [0.2, 0.25) is 0 Å². The molecule has 0 bridgehead atoms. The van der Waals surface area contributed by atoms with Crippen molar-refractivity contribution >= 4 is 23.1 Å². The van der Waals surface area contributed by atoms with Crippen LogP contribution >= 0.6 is 11.6 Å². The fourth-order valence-corrected chi connectivity index (χ4v) is 0.953. The molecule has 0 unspecified atom stereocenters. The Hall–Kier alpha value is -1.73. The molecule has 1 heterocycles. The van der Waals surface area contributed by atoms with Gasteiger partial charge in [-0.25, -0.2) is 4.98 Å². The summed E-state index contributed by atoms with van der Waals surface area (Å²) >= 11 is 5.56. The van der Waals surface area contributed by atoms with Crippen LogP contribution in [0.3, 0.4) is 0 Å². The van der Waals surface area contributed by atoms with E-state index in [4.69, 9.17) is 22.6 Å². The van der Waals surface area contributed by atoms with Gasteiger partial charge in [-0.05, 0) is 6.07 Å². The minimum Gasteiger partial charge on any atom is -0.397 e. The molecule has 0 aliphatic heterocycles. The van der Waals surface area contributed by atoms with E-state index in [9.17, 15) is 0 Å². The van der Waals surface area contributed by atoms with Gasteiger partial charge in [0.25, 0.3) is 0 Å². The van der Waals surface area contributed by atoms with E-state index in [1.165, 1.54) is 6.20 Å². The third-order valence-corrected chi connectivity index (χ3v) is 1.61. The van der Waals surface area contributed by atoms with Crippen LogP contribution in [0.2, 0.25) is 0 Å². The lowest BCUT2D eigenvalue weighted by Gasteiger charge is -2.05.